The van der Waals surface area contributed by atoms with Crippen LogP contribution in [0.3, 0.4) is 0 Å². The molecule has 2 N–H and O–H groups in total. The number of hydrogen-bond donors (Lipinski definition) is 2. The van der Waals surface area contributed by atoms with Gasteiger partial charge in [-0.3, -0.25) is 0 Å². The van der Waals surface area contributed by atoms with Crippen LogP contribution in [0.15, 0.2) is 18.2 Å². The van der Waals surface area contributed by atoms with Gasteiger partial charge in [0, 0.05) is 31.6 Å². The summed E-state index contributed by atoms with van der Waals surface area (Å²) in [6, 6.07) is 5.78. The average Bonchev–Trinajstić information content (AvgIpc) is 2.26. The Morgan fingerprint density at radius 3 is 2.69 bits per heavy atom. The van der Waals surface area contributed by atoms with E-state index in [1.807, 2.05) is 18.2 Å². The molecule has 1 saturated heterocycles. The van der Waals surface area contributed by atoms with Gasteiger partial charge in [-0.1, -0.05) is 0 Å². The van der Waals surface area contributed by atoms with Crippen molar-refractivity contribution in [3.05, 3.63) is 18.2 Å². The van der Waals surface area contributed by atoms with E-state index < -0.39 is 0 Å². The number of hydrogen-bond acceptors (Lipinski definition) is 4. The standard InChI is InChI=1S/C12H18N2O2/c1-15-10-3-4-12(16-2)11(5-10)14-8-9-6-13-7-9/h3-5,9,13-14H,6-8H2,1-2H3. The summed E-state index contributed by atoms with van der Waals surface area (Å²) in [5.74, 6) is 2.42. The quantitative estimate of drug-likeness (QED) is 0.789. The molecule has 0 spiro atoms. The van der Waals surface area contributed by atoms with Crippen LogP contribution in [0.1, 0.15) is 0 Å². The lowest BCUT2D eigenvalue weighted by atomic mass is 10.0. The number of ether oxygens (including phenoxy) is 2. The summed E-state index contributed by atoms with van der Waals surface area (Å²) >= 11 is 0. The van der Waals surface area contributed by atoms with E-state index in [9.17, 15) is 0 Å². The van der Waals surface area contributed by atoms with Gasteiger partial charge in [0.1, 0.15) is 11.5 Å². The SMILES string of the molecule is COc1ccc(OC)c(NCC2CNC2)c1. The van der Waals surface area contributed by atoms with E-state index in [1.165, 1.54) is 0 Å². The van der Waals surface area contributed by atoms with Gasteiger partial charge in [-0.25, -0.2) is 0 Å². The van der Waals surface area contributed by atoms with Gasteiger partial charge in [-0.15, -0.1) is 0 Å². The van der Waals surface area contributed by atoms with Gasteiger partial charge >= 0.3 is 0 Å². The number of methoxy groups -OCH3 is 2. The lowest BCUT2D eigenvalue weighted by Gasteiger charge is -2.27. The third-order valence-corrected chi connectivity index (χ3v) is 2.85. The van der Waals surface area contributed by atoms with E-state index >= 15 is 0 Å². The molecule has 1 fully saturated rings. The molecule has 0 bridgehead atoms. The largest absolute Gasteiger partial charge is 0.497 e. The Morgan fingerprint density at radius 2 is 2.12 bits per heavy atom. The Hall–Kier alpha value is -1.42. The van der Waals surface area contributed by atoms with Crippen molar-refractivity contribution in [2.75, 3.05) is 39.2 Å². The van der Waals surface area contributed by atoms with Crippen molar-refractivity contribution < 1.29 is 9.47 Å². The molecule has 1 aromatic carbocycles. The zero-order valence-corrected chi connectivity index (χ0v) is 9.75. The summed E-state index contributed by atoms with van der Waals surface area (Å²) in [6.45, 7) is 3.16. The van der Waals surface area contributed by atoms with Crippen LogP contribution in [-0.4, -0.2) is 33.9 Å². The minimum atomic E-state index is 0.718. The highest BCUT2D eigenvalue weighted by Gasteiger charge is 2.16. The summed E-state index contributed by atoms with van der Waals surface area (Å²) in [7, 11) is 3.35. The van der Waals surface area contributed by atoms with Crippen LogP contribution < -0.4 is 20.1 Å². The van der Waals surface area contributed by atoms with Crippen LogP contribution in [0.4, 0.5) is 5.69 Å². The molecule has 0 saturated carbocycles. The molecular formula is C12H18N2O2. The number of anilines is 1. The fourth-order valence-corrected chi connectivity index (χ4v) is 1.70. The van der Waals surface area contributed by atoms with Gasteiger partial charge in [-0.2, -0.15) is 0 Å². The Kier molecular flexibility index (Phi) is 3.51. The predicted octanol–water partition coefficient (Wildman–Crippen LogP) is 1.34. The molecule has 1 aliphatic rings. The van der Waals surface area contributed by atoms with Gasteiger partial charge in [-0.05, 0) is 12.1 Å². The van der Waals surface area contributed by atoms with E-state index in [-0.39, 0.29) is 0 Å². The first-order valence-electron chi connectivity index (χ1n) is 5.50. The summed E-state index contributed by atoms with van der Waals surface area (Å²) in [4.78, 5) is 0. The van der Waals surface area contributed by atoms with Crippen LogP contribution >= 0.6 is 0 Å². The zero-order valence-electron chi connectivity index (χ0n) is 9.75. The first kappa shape index (κ1) is 11.1. The maximum atomic E-state index is 5.30. The molecular weight excluding hydrogens is 204 g/mol. The van der Waals surface area contributed by atoms with Crippen LogP contribution in [0.5, 0.6) is 11.5 Å². The van der Waals surface area contributed by atoms with E-state index in [1.54, 1.807) is 14.2 Å². The van der Waals surface area contributed by atoms with E-state index in [2.05, 4.69) is 10.6 Å². The normalized spacial score (nSPS) is 15.4. The molecule has 88 valence electrons. The zero-order chi connectivity index (χ0) is 11.4. The topological polar surface area (TPSA) is 42.5 Å². The van der Waals surface area contributed by atoms with Crippen LogP contribution in [-0.2, 0) is 0 Å². The number of rotatable bonds is 5. The highest BCUT2D eigenvalue weighted by molar-refractivity contribution is 5.59. The third kappa shape index (κ3) is 2.39. The smallest absolute Gasteiger partial charge is 0.142 e. The summed E-state index contributed by atoms with van der Waals surface area (Å²) in [6.07, 6.45) is 0. The van der Waals surface area contributed by atoms with Crippen LogP contribution in [0.2, 0.25) is 0 Å². The summed E-state index contributed by atoms with van der Waals surface area (Å²) in [5, 5.41) is 6.65. The fraction of sp³-hybridized carbons (Fsp3) is 0.500. The number of nitrogens with one attached hydrogen (secondary N) is 2. The van der Waals surface area contributed by atoms with Gasteiger partial charge in [0.25, 0.3) is 0 Å². The second kappa shape index (κ2) is 5.07. The minimum absolute atomic E-state index is 0.718. The van der Waals surface area contributed by atoms with Crippen molar-refractivity contribution in [2.45, 2.75) is 0 Å². The lowest BCUT2D eigenvalue weighted by Crippen LogP contribution is -2.45. The molecule has 1 aromatic rings. The van der Waals surface area contributed by atoms with Gasteiger partial charge < -0.3 is 20.1 Å². The Bertz CT molecular complexity index is 351. The molecule has 4 heteroatoms. The molecule has 0 atom stereocenters. The molecule has 0 aromatic heterocycles. The average molecular weight is 222 g/mol. The molecule has 0 unspecified atom stereocenters. The van der Waals surface area contributed by atoms with Gasteiger partial charge in [0.2, 0.25) is 0 Å². The van der Waals surface area contributed by atoms with Crippen LogP contribution in [0.25, 0.3) is 0 Å². The molecule has 1 aliphatic heterocycles. The molecule has 0 amide bonds. The maximum absolute atomic E-state index is 5.30. The summed E-state index contributed by atoms with van der Waals surface area (Å²) < 4.78 is 10.5. The van der Waals surface area contributed by atoms with Crippen LogP contribution in [0, 0.1) is 5.92 Å². The van der Waals surface area contributed by atoms with Crippen molar-refractivity contribution in [2.24, 2.45) is 5.92 Å². The fourth-order valence-electron chi connectivity index (χ4n) is 1.70. The lowest BCUT2D eigenvalue weighted by molar-refractivity contribution is 0.364. The van der Waals surface area contributed by atoms with Crippen molar-refractivity contribution in [3.8, 4) is 11.5 Å². The minimum Gasteiger partial charge on any atom is -0.497 e. The Morgan fingerprint density at radius 1 is 1.31 bits per heavy atom. The second-order valence-corrected chi connectivity index (χ2v) is 3.97. The van der Waals surface area contributed by atoms with Gasteiger partial charge in [0.15, 0.2) is 0 Å². The van der Waals surface area contributed by atoms with Crippen molar-refractivity contribution >= 4 is 5.69 Å². The first-order chi connectivity index (χ1) is 7.83. The Balaban J connectivity index is 2.03. The van der Waals surface area contributed by atoms with Gasteiger partial charge in [0.05, 0.1) is 19.9 Å². The van der Waals surface area contributed by atoms with E-state index in [4.69, 9.17) is 9.47 Å². The summed E-state index contributed by atoms with van der Waals surface area (Å²) in [5.41, 5.74) is 0.994. The molecule has 1 heterocycles. The first-order valence-corrected chi connectivity index (χ1v) is 5.50. The van der Waals surface area contributed by atoms with E-state index in [0.29, 0.717) is 0 Å². The molecule has 2 rings (SSSR count). The molecule has 0 aliphatic carbocycles. The highest BCUT2D eigenvalue weighted by atomic mass is 16.5. The highest BCUT2D eigenvalue weighted by Crippen LogP contribution is 2.29. The number of benzene rings is 1. The molecule has 0 radical (unpaired) electrons. The predicted molar refractivity (Wildman–Crippen MR) is 64.4 cm³/mol. The second-order valence-electron chi connectivity index (χ2n) is 3.97. The Labute approximate surface area is 95.9 Å². The van der Waals surface area contributed by atoms with E-state index in [0.717, 1.165) is 42.7 Å². The third-order valence-electron chi connectivity index (χ3n) is 2.85. The van der Waals surface area contributed by atoms with Crippen molar-refractivity contribution in [3.63, 3.8) is 0 Å². The molecule has 16 heavy (non-hydrogen) atoms. The van der Waals surface area contributed by atoms with Crippen molar-refractivity contribution in [1.29, 1.82) is 0 Å². The molecule has 4 nitrogen and oxygen atoms in total. The monoisotopic (exact) mass is 222 g/mol. The van der Waals surface area contributed by atoms with Crippen molar-refractivity contribution in [1.82, 2.24) is 5.32 Å². The maximum Gasteiger partial charge on any atom is 0.142 e.